The second kappa shape index (κ2) is 7.23. The zero-order valence-electron chi connectivity index (χ0n) is 12.5. The zero-order valence-corrected chi connectivity index (χ0v) is 13.3. The summed E-state index contributed by atoms with van der Waals surface area (Å²) in [4.78, 5) is 10.3. The summed E-state index contributed by atoms with van der Waals surface area (Å²) in [7, 11) is 0. The molecule has 3 heteroatoms. The molecule has 1 atom stereocenters. The predicted octanol–water partition coefficient (Wildman–Crippen LogP) is 4.97. The van der Waals surface area contributed by atoms with Crippen LogP contribution in [0.15, 0.2) is 82.8 Å². The van der Waals surface area contributed by atoms with Crippen LogP contribution in [0.5, 0.6) is 0 Å². The van der Waals surface area contributed by atoms with E-state index >= 15 is 0 Å². The maximum atomic E-state index is 4.69. The molecular formula is C19H18N2S. The molecule has 3 rings (SSSR count). The fourth-order valence-electron chi connectivity index (χ4n) is 2.32. The molecule has 2 nitrogen and oxygen atoms in total. The lowest BCUT2D eigenvalue weighted by Crippen LogP contribution is -2.03. The summed E-state index contributed by atoms with van der Waals surface area (Å²) >= 11 is 1.67. The Labute approximate surface area is 135 Å². The number of rotatable bonds is 5. The number of aromatic nitrogens is 2. The highest BCUT2D eigenvalue weighted by molar-refractivity contribution is 7.99. The van der Waals surface area contributed by atoms with Crippen LogP contribution in [-0.4, -0.2) is 9.97 Å². The molecule has 1 aromatic heterocycles. The molecule has 0 N–H and O–H groups in total. The first-order chi connectivity index (χ1) is 10.8. The summed E-state index contributed by atoms with van der Waals surface area (Å²) in [6.45, 7) is 2.22. The molecule has 0 amide bonds. The third-order valence-corrected chi connectivity index (χ3v) is 4.45. The molecule has 0 unspecified atom stereocenters. The molecule has 1 heterocycles. The van der Waals surface area contributed by atoms with Crippen LogP contribution >= 0.6 is 11.8 Å². The number of nitrogens with zero attached hydrogens (tertiary/aromatic N) is 2. The lowest BCUT2D eigenvalue weighted by molar-refractivity contribution is 0.707. The van der Waals surface area contributed by atoms with E-state index < -0.39 is 0 Å². The lowest BCUT2D eigenvalue weighted by Gasteiger charge is -2.11. The van der Waals surface area contributed by atoms with E-state index in [9.17, 15) is 0 Å². The van der Waals surface area contributed by atoms with Crippen molar-refractivity contribution in [1.29, 1.82) is 0 Å². The van der Waals surface area contributed by atoms with Gasteiger partial charge in [-0.15, -0.1) is 0 Å². The summed E-state index contributed by atoms with van der Waals surface area (Å²) < 4.78 is 0. The van der Waals surface area contributed by atoms with Crippen LogP contribution < -0.4 is 0 Å². The van der Waals surface area contributed by atoms with Crippen molar-refractivity contribution in [3.63, 3.8) is 0 Å². The van der Waals surface area contributed by atoms with Crippen LogP contribution in [0.2, 0.25) is 0 Å². The monoisotopic (exact) mass is 306 g/mol. The van der Waals surface area contributed by atoms with E-state index in [0.717, 1.165) is 17.3 Å². The largest absolute Gasteiger partial charge is 0.241 e. The van der Waals surface area contributed by atoms with Gasteiger partial charge in [0.25, 0.3) is 0 Å². The Morgan fingerprint density at radius 3 is 2.32 bits per heavy atom. The van der Waals surface area contributed by atoms with Crippen molar-refractivity contribution in [2.24, 2.45) is 0 Å². The molecule has 3 aromatic rings. The zero-order chi connectivity index (χ0) is 15.2. The van der Waals surface area contributed by atoms with Gasteiger partial charge in [-0.25, -0.2) is 9.97 Å². The van der Waals surface area contributed by atoms with E-state index in [1.807, 2.05) is 36.5 Å². The predicted molar refractivity (Wildman–Crippen MR) is 91.2 cm³/mol. The molecule has 0 bridgehead atoms. The molecule has 0 radical (unpaired) electrons. The number of hydrogen-bond acceptors (Lipinski definition) is 3. The molecule has 0 saturated carbocycles. The van der Waals surface area contributed by atoms with Gasteiger partial charge in [0.15, 0.2) is 0 Å². The Morgan fingerprint density at radius 2 is 1.59 bits per heavy atom. The van der Waals surface area contributed by atoms with Gasteiger partial charge < -0.3 is 0 Å². The summed E-state index contributed by atoms with van der Waals surface area (Å²) in [5, 5.41) is 0.997. The summed E-state index contributed by atoms with van der Waals surface area (Å²) in [6.07, 6.45) is 2.71. The molecule has 110 valence electrons. The molecule has 0 aliphatic rings. The number of hydrogen-bond donors (Lipinski definition) is 0. The van der Waals surface area contributed by atoms with Crippen LogP contribution in [0, 0.1) is 0 Å². The molecule has 0 saturated heterocycles. The lowest BCUT2D eigenvalue weighted by atomic mass is 9.98. The minimum Gasteiger partial charge on any atom is -0.241 e. The molecule has 0 fully saturated rings. The highest BCUT2D eigenvalue weighted by Gasteiger charge is 2.09. The van der Waals surface area contributed by atoms with Crippen LogP contribution in [0.1, 0.15) is 24.2 Å². The van der Waals surface area contributed by atoms with Crippen LogP contribution in [0.4, 0.5) is 0 Å². The van der Waals surface area contributed by atoms with Gasteiger partial charge in [0.2, 0.25) is 0 Å². The van der Waals surface area contributed by atoms with E-state index in [2.05, 4.69) is 53.3 Å². The Morgan fingerprint density at radius 1 is 0.909 bits per heavy atom. The smallest absolute Gasteiger partial charge is 0.130 e. The van der Waals surface area contributed by atoms with E-state index in [4.69, 9.17) is 0 Å². The van der Waals surface area contributed by atoms with Gasteiger partial charge in [0, 0.05) is 17.5 Å². The Bertz CT molecular complexity index is 714. The van der Waals surface area contributed by atoms with Crippen LogP contribution in [-0.2, 0) is 6.42 Å². The maximum Gasteiger partial charge on any atom is 0.130 e. The van der Waals surface area contributed by atoms with Crippen molar-refractivity contribution in [2.45, 2.75) is 29.2 Å². The number of benzene rings is 2. The van der Waals surface area contributed by atoms with Gasteiger partial charge in [0.05, 0.1) is 0 Å². The molecular weight excluding hydrogens is 288 g/mol. The minimum atomic E-state index is 0.415. The highest BCUT2D eigenvalue weighted by atomic mass is 32.2. The van der Waals surface area contributed by atoms with Crippen LogP contribution in [0.25, 0.3) is 0 Å². The highest BCUT2D eigenvalue weighted by Crippen LogP contribution is 2.26. The van der Waals surface area contributed by atoms with Gasteiger partial charge in [-0.1, -0.05) is 67.2 Å². The van der Waals surface area contributed by atoms with Crippen molar-refractivity contribution in [3.8, 4) is 0 Å². The van der Waals surface area contributed by atoms with Crippen molar-refractivity contribution in [3.05, 3.63) is 84.3 Å². The summed E-state index contributed by atoms with van der Waals surface area (Å²) in [6, 6.07) is 22.8. The quantitative estimate of drug-likeness (QED) is 0.622. The summed E-state index contributed by atoms with van der Waals surface area (Å²) in [5.74, 6) is 1.32. The Hall–Kier alpha value is -2.13. The van der Waals surface area contributed by atoms with Gasteiger partial charge >= 0.3 is 0 Å². The van der Waals surface area contributed by atoms with E-state index in [1.54, 1.807) is 11.8 Å². The molecule has 0 spiro atoms. The minimum absolute atomic E-state index is 0.415. The topological polar surface area (TPSA) is 25.8 Å². The van der Waals surface area contributed by atoms with Crippen molar-refractivity contribution in [1.82, 2.24) is 9.97 Å². The van der Waals surface area contributed by atoms with Crippen molar-refractivity contribution < 1.29 is 0 Å². The molecule has 0 aliphatic carbocycles. The fourth-order valence-corrected chi connectivity index (χ4v) is 3.13. The summed E-state index contributed by atoms with van der Waals surface area (Å²) in [5.41, 5.74) is 1.33. The fraction of sp³-hybridized carbons (Fsp3) is 0.158. The Kier molecular flexibility index (Phi) is 4.86. The average Bonchev–Trinajstić information content (AvgIpc) is 2.57. The van der Waals surface area contributed by atoms with Gasteiger partial charge in [-0.3, -0.25) is 0 Å². The van der Waals surface area contributed by atoms with Crippen molar-refractivity contribution >= 4 is 11.8 Å². The van der Waals surface area contributed by atoms with E-state index in [0.29, 0.717) is 5.92 Å². The SMILES string of the molecule is C[C@H](Cc1nccc(Sc2ccccc2)n1)c1ccccc1. The van der Waals surface area contributed by atoms with Gasteiger partial charge in [-0.05, 0) is 29.7 Å². The second-order valence-corrected chi connectivity index (χ2v) is 6.34. The first-order valence-electron chi connectivity index (χ1n) is 7.41. The molecule has 22 heavy (non-hydrogen) atoms. The van der Waals surface area contributed by atoms with E-state index in [-0.39, 0.29) is 0 Å². The normalized spacial score (nSPS) is 12.0. The van der Waals surface area contributed by atoms with E-state index in [1.165, 1.54) is 10.5 Å². The maximum absolute atomic E-state index is 4.69. The second-order valence-electron chi connectivity index (χ2n) is 5.24. The van der Waals surface area contributed by atoms with Gasteiger partial charge in [-0.2, -0.15) is 0 Å². The molecule has 2 aromatic carbocycles. The standard InChI is InChI=1S/C19H18N2S/c1-15(16-8-4-2-5-9-16)14-18-20-13-12-19(21-18)22-17-10-6-3-7-11-17/h2-13,15H,14H2,1H3/t15-/m1/s1. The first kappa shape index (κ1) is 14.8. The molecule has 0 aliphatic heterocycles. The van der Waals surface area contributed by atoms with Crippen molar-refractivity contribution in [2.75, 3.05) is 0 Å². The van der Waals surface area contributed by atoms with Crippen LogP contribution in [0.3, 0.4) is 0 Å². The Balaban J connectivity index is 1.71. The third kappa shape index (κ3) is 3.95. The average molecular weight is 306 g/mol. The third-order valence-electron chi connectivity index (χ3n) is 3.50. The van der Waals surface area contributed by atoms with Gasteiger partial charge in [0.1, 0.15) is 10.9 Å². The first-order valence-corrected chi connectivity index (χ1v) is 8.22.